The van der Waals surface area contributed by atoms with Crippen molar-refractivity contribution in [2.75, 3.05) is 13.7 Å². The number of hydrogen-bond acceptors (Lipinski definition) is 2. The van der Waals surface area contributed by atoms with Gasteiger partial charge in [-0.15, -0.1) is 0 Å². The third-order valence-corrected chi connectivity index (χ3v) is 2.61. The lowest BCUT2D eigenvalue weighted by Gasteiger charge is -2.07. The van der Waals surface area contributed by atoms with Crippen molar-refractivity contribution in [2.45, 2.75) is 6.54 Å². The zero-order valence-electron chi connectivity index (χ0n) is 9.06. The summed E-state index contributed by atoms with van der Waals surface area (Å²) in [6.45, 7) is 1.48. The fraction of sp³-hybridized carbons (Fsp3) is 0.250. The Labute approximate surface area is 99.6 Å². The second-order valence-electron chi connectivity index (χ2n) is 3.44. The minimum Gasteiger partial charge on any atom is -0.383 e. The molecule has 16 heavy (non-hydrogen) atoms. The molecule has 84 valence electrons. The molecular weight excluding hydrogens is 224 g/mol. The topological polar surface area (TPSA) is 27.1 Å². The summed E-state index contributed by atoms with van der Waals surface area (Å²) in [6, 6.07) is 7.67. The van der Waals surface area contributed by atoms with Crippen LogP contribution in [0.25, 0.3) is 11.4 Å². The lowest BCUT2D eigenvalue weighted by Crippen LogP contribution is -2.04. The van der Waals surface area contributed by atoms with E-state index in [1.54, 1.807) is 13.3 Å². The van der Waals surface area contributed by atoms with Gasteiger partial charge in [0.2, 0.25) is 0 Å². The Kier molecular flexibility index (Phi) is 3.59. The number of aromatic nitrogens is 2. The van der Waals surface area contributed by atoms with E-state index in [4.69, 9.17) is 16.3 Å². The number of ether oxygens (including phenoxy) is 1. The second-order valence-corrected chi connectivity index (χ2v) is 3.88. The zero-order valence-corrected chi connectivity index (χ0v) is 9.81. The van der Waals surface area contributed by atoms with E-state index in [-0.39, 0.29) is 0 Å². The molecule has 0 aliphatic heterocycles. The summed E-state index contributed by atoms with van der Waals surface area (Å²) < 4.78 is 7.12. The van der Waals surface area contributed by atoms with Gasteiger partial charge in [0, 0.05) is 36.6 Å². The van der Waals surface area contributed by atoms with Crippen LogP contribution in [0, 0.1) is 0 Å². The Balaban J connectivity index is 2.26. The molecular formula is C12H13ClN2O. The molecule has 4 heteroatoms. The van der Waals surface area contributed by atoms with Gasteiger partial charge >= 0.3 is 0 Å². The van der Waals surface area contributed by atoms with Crippen LogP contribution in [-0.2, 0) is 11.3 Å². The number of rotatable bonds is 4. The molecule has 0 amide bonds. The van der Waals surface area contributed by atoms with E-state index in [2.05, 4.69) is 9.55 Å². The molecule has 1 heterocycles. The first-order chi connectivity index (χ1) is 7.81. The molecule has 0 atom stereocenters. The molecule has 0 aliphatic carbocycles. The standard InChI is InChI=1S/C12H13ClN2O/c1-16-9-8-15-7-6-14-12(15)10-2-4-11(13)5-3-10/h2-7H,8-9H2,1H3. The summed E-state index contributed by atoms with van der Waals surface area (Å²) in [6.07, 6.45) is 3.74. The third kappa shape index (κ3) is 2.43. The van der Waals surface area contributed by atoms with E-state index in [1.165, 1.54) is 0 Å². The van der Waals surface area contributed by atoms with E-state index in [9.17, 15) is 0 Å². The number of imidazole rings is 1. The molecule has 1 aromatic carbocycles. The van der Waals surface area contributed by atoms with Crippen molar-refractivity contribution in [1.82, 2.24) is 9.55 Å². The summed E-state index contributed by atoms with van der Waals surface area (Å²) in [5.74, 6) is 0.939. The second kappa shape index (κ2) is 5.14. The van der Waals surface area contributed by atoms with Crippen LogP contribution in [0.3, 0.4) is 0 Å². The van der Waals surface area contributed by atoms with E-state index in [1.807, 2.05) is 30.5 Å². The third-order valence-electron chi connectivity index (χ3n) is 2.35. The van der Waals surface area contributed by atoms with Crippen molar-refractivity contribution >= 4 is 11.6 Å². The fourth-order valence-corrected chi connectivity index (χ4v) is 1.66. The van der Waals surface area contributed by atoms with Gasteiger partial charge in [-0.3, -0.25) is 0 Å². The summed E-state index contributed by atoms with van der Waals surface area (Å²) in [5, 5.41) is 0.735. The molecule has 0 saturated carbocycles. The highest BCUT2D eigenvalue weighted by molar-refractivity contribution is 6.30. The summed E-state index contributed by atoms with van der Waals surface area (Å²) in [4.78, 5) is 4.33. The number of methoxy groups -OCH3 is 1. The molecule has 0 N–H and O–H groups in total. The fourth-order valence-electron chi connectivity index (χ4n) is 1.54. The maximum atomic E-state index is 5.85. The van der Waals surface area contributed by atoms with E-state index < -0.39 is 0 Å². The van der Waals surface area contributed by atoms with Gasteiger partial charge in [-0.05, 0) is 24.3 Å². The molecule has 1 aromatic heterocycles. The van der Waals surface area contributed by atoms with Crippen molar-refractivity contribution in [1.29, 1.82) is 0 Å². The average Bonchev–Trinajstić information content (AvgIpc) is 2.75. The number of benzene rings is 1. The highest BCUT2D eigenvalue weighted by Crippen LogP contribution is 2.19. The van der Waals surface area contributed by atoms with Crippen molar-refractivity contribution in [2.24, 2.45) is 0 Å². The molecule has 0 radical (unpaired) electrons. The lowest BCUT2D eigenvalue weighted by atomic mass is 10.2. The highest BCUT2D eigenvalue weighted by Gasteiger charge is 2.04. The molecule has 0 saturated heterocycles. The molecule has 2 aromatic rings. The van der Waals surface area contributed by atoms with Gasteiger partial charge in [0.15, 0.2) is 0 Å². The number of nitrogens with zero attached hydrogens (tertiary/aromatic N) is 2. The minimum absolute atomic E-state index is 0.678. The predicted molar refractivity (Wildman–Crippen MR) is 64.5 cm³/mol. The first-order valence-corrected chi connectivity index (χ1v) is 5.45. The van der Waals surface area contributed by atoms with E-state index in [0.717, 1.165) is 23.0 Å². The molecule has 0 fully saturated rings. The first kappa shape index (κ1) is 11.2. The summed E-state index contributed by atoms with van der Waals surface area (Å²) >= 11 is 5.85. The molecule has 0 spiro atoms. The smallest absolute Gasteiger partial charge is 0.139 e. The van der Waals surface area contributed by atoms with Gasteiger partial charge < -0.3 is 9.30 Å². The van der Waals surface area contributed by atoms with Crippen LogP contribution in [0.5, 0.6) is 0 Å². The zero-order chi connectivity index (χ0) is 11.4. The van der Waals surface area contributed by atoms with Crippen LogP contribution in [0.1, 0.15) is 0 Å². The molecule has 0 bridgehead atoms. The van der Waals surface area contributed by atoms with Gasteiger partial charge in [0.05, 0.1) is 6.61 Å². The Morgan fingerprint density at radius 3 is 2.75 bits per heavy atom. The molecule has 0 unspecified atom stereocenters. The van der Waals surface area contributed by atoms with Crippen LogP contribution in [0.2, 0.25) is 5.02 Å². The molecule has 2 rings (SSSR count). The van der Waals surface area contributed by atoms with E-state index >= 15 is 0 Å². The SMILES string of the molecule is COCCn1ccnc1-c1ccc(Cl)cc1. The van der Waals surface area contributed by atoms with Crippen LogP contribution >= 0.6 is 11.6 Å². The highest BCUT2D eigenvalue weighted by atomic mass is 35.5. The normalized spacial score (nSPS) is 10.6. The Bertz CT molecular complexity index is 450. The van der Waals surface area contributed by atoms with Crippen molar-refractivity contribution < 1.29 is 4.74 Å². The summed E-state index contributed by atoms with van der Waals surface area (Å²) in [5.41, 5.74) is 1.06. The van der Waals surface area contributed by atoms with Crippen molar-refractivity contribution in [3.05, 3.63) is 41.7 Å². The van der Waals surface area contributed by atoms with Crippen LogP contribution < -0.4 is 0 Å². The maximum Gasteiger partial charge on any atom is 0.139 e. The first-order valence-electron chi connectivity index (χ1n) is 5.07. The number of halogens is 1. The Morgan fingerprint density at radius 2 is 2.06 bits per heavy atom. The molecule has 3 nitrogen and oxygen atoms in total. The van der Waals surface area contributed by atoms with Gasteiger partial charge in [-0.25, -0.2) is 4.98 Å². The number of hydrogen-bond donors (Lipinski definition) is 0. The van der Waals surface area contributed by atoms with E-state index in [0.29, 0.717) is 6.61 Å². The van der Waals surface area contributed by atoms with Gasteiger partial charge in [0.1, 0.15) is 5.82 Å². The lowest BCUT2D eigenvalue weighted by molar-refractivity contribution is 0.187. The summed E-state index contributed by atoms with van der Waals surface area (Å²) in [7, 11) is 1.69. The predicted octanol–water partition coefficient (Wildman–Crippen LogP) is 2.85. The van der Waals surface area contributed by atoms with Crippen LogP contribution in [0.4, 0.5) is 0 Å². The van der Waals surface area contributed by atoms with Crippen molar-refractivity contribution in [3.63, 3.8) is 0 Å². The Hall–Kier alpha value is -1.32. The quantitative estimate of drug-likeness (QED) is 0.816. The Morgan fingerprint density at radius 1 is 1.31 bits per heavy atom. The van der Waals surface area contributed by atoms with Crippen molar-refractivity contribution in [3.8, 4) is 11.4 Å². The maximum absolute atomic E-state index is 5.85. The minimum atomic E-state index is 0.678. The van der Waals surface area contributed by atoms with Crippen LogP contribution in [0.15, 0.2) is 36.7 Å². The van der Waals surface area contributed by atoms with Crippen LogP contribution in [-0.4, -0.2) is 23.3 Å². The average molecular weight is 237 g/mol. The van der Waals surface area contributed by atoms with Gasteiger partial charge in [-0.1, -0.05) is 11.6 Å². The van der Waals surface area contributed by atoms with Gasteiger partial charge in [0.25, 0.3) is 0 Å². The van der Waals surface area contributed by atoms with Gasteiger partial charge in [-0.2, -0.15) is 0 Å². The monoisotopic (exact) mass is 236 g/mol. The molecule has 0 aliphatic rings. The largest absolute Gasteiger partial charge is 0.383 e.